The first-order chi connectivity index (χ1) is 22.9. The third-order valence-corrected chi connectivity index (χ3v) is 12.8. The molecular formula is C36H58N6O4S2. The van der Waals surface area contributed by atoms with Crippen molar-refractivity contribution < 1.29 is 18.0 Å². The van der Waals surface area contributed by atoms with Crippen LogP contribution in [0.15, 0.2) is 41.2 Å². The molecule has 1 aromatic carbocycles. The molecule has 0 spiro atoms. The van der Waals surface area contributed by atoms with Crippen LogP contribution in [0, 0.1) is 23.7 Å². The Kier molecular flexibility index (Phi) is 14.9. The number of nitrogens with zero attached hydrogens (tertiary/aromatic N) is 3. The number of carbonyl (C=O) groups is 2. The number of nitrogens with two attached hydrogens (primary N) is 1. The quantitative estimate of drug-likeness (QED) is 0.226. The second kappa shape index (κ2) is 18.6. The highest BCUT2D eigenvalue weighted by molar-refractivity contribution is 7.89. The second-order valence-corrected chi connectivity index (χ2v) is 17.4. The van der Waals surface area contributed by atoms with E-state index in [4.69, 9.17) is 5.73 Å². The SMILES string of the molecule is CC(C)C[C@H](N)[C@H](C)[C@H](CC1CCCCC1)NC(=O)[C@H](Cc1cscn1)NC(=O)[C@H](Cc1ccccc1)CS(=O)(=O)N1CCN(C)CC1. The van der Waals surface area contributed by atoms with Crippen LogP contribution in [0.2, 0.25) is 0 Å². The third kappa shape index (κ3) is 11.9. The third-order valence-electron chi connectivity index (χ3n) is 10.2. The van der Waals surface area contributed by atoms with Gasteiger partial charge in [0.25, 0.3) is 0 Å². The maximum absolute atomic E-state index is 14.2. The predicted molar refractivity (Wildman–Crippen MR) is 194 cm³/mol. The molecule has 268 valence electrons. The molecule has 2 aromatic rings. The van der Waals surface area contributed by atoms with Gasteiger partial charge in [-0.15, -0.1) is 11.3 Å². The molecule has 4 rings (SSSR count). The Labute approximate surface area is 292 Å². The minimum absolute atomic E-state index is 0.0495. The first-order valence-electron chi connectivity index (χ1n) is 17.8. The number of sulfonamides is 1. The zero-order chi connectivity index (χ0) is 34.7. The van der Waals surface area contributed by atoms with Crippen LogP contribution in [0.5, 0.6) is 0 Å². The number of nitrogens with one attached hydrogen (secondary N) is 2. The Morgan fingerprint density at radius 3 is 2.29 bits per heavy atom. The first-order valence-corrected chi connectivity index (χ1v) is 20.4. The number of hydrogen-bond acceptors (Lipinski definition) is 8. The molecule has 48 heavy (non-hydrogen) atoms. The largest absolute Gasteiger partial charge is 0.351 e. The van der Waals surface area contributed by atoms with E-state index in [0.717, 1.165) is 31.2 Å². The van der Waals surface area contributed by atoms with Crippen molar-refractivity contribution in [2.75, 3.05) is 39.0 Å². The molecule has 4 N–H and O–H groups in total. The number of carbonyl (C=O) groups excluding carboxylic acids is 2. The van der Waals surface area contributed by atoms with E-state index < -0.39 is 27.9 Å². The van der Waals surface area contributed by atoms with E-state index in [1.807, 2.05) is 42.8 Å². The van der Waals surface area contributed by atoms with Gasteiger partial charge >= 0.3 is 0 Å². The summed E-state index contributed by atoms with van der Waals surface area (Å²) in [6.45, 7) is 8.54. The van der Waals surface area contributed by atoms with Crippen molar-refractivity contribution in [1.82, 2.24) is 24.8 Å². The van der Waals surface area contributed by atoms with E-state index in [1.165, 1.54) is 34.9 Å². The summed E-state index contributed by atoms with van der Waals surface area (Å²) in [6.07, 6.45) is 8.16. The van der Waals surface area contributed by atoms with E-state index in [9.17, 15) is 18.0 Å². The van der Waals surface area contributed by atoms with Crippen molar-refractivity contribution >= 4 is 33.2 Å². The van der Waals surface area contributed by atoms with Crippen molar-refractivity contribution in [2.45, 2.75) is 96.7 Å². The molecular weight excluding hydrogens is 645 g/mol. The summed E-state index contributed by atoms with van der Waals surface area (Å²) in [7, 11) is -1.75. The Morgan fingerprint density at radius 1 is 0.979 bits per heavy atom. The Morgan fingerprint density at radius 2 is 1.67 bits per heavy atom. The molecule has 2 amide bonds. The molecule has 0 bridgehead atoms. The lowest BCUT2D eigenvalue weighted by Crippen LogP contribution is -2.56. The number of benzene rings is 1. The molecule has 12 heteroatoms. The Hall–Kier alpha value is -2.38. The fraction of sp³-hybridized carbons (Fsp3) is 0.694. The van der Waals surface area contributed by atoms with Gasteiger partial charge in [0.1, 0.15) is 6.04 Å². The summed E-state index contributed by atoms with van der Waals surface area (Å²) in [5.74, 6) is -0.907. The average Bonchev–Trinajstić information content (AvgIpc) is 3.57. The molecule has 1 saturated heterocycles. The topological polar surface area (TPSA) is 138 Å². The minimum Gasteiger partial charge on any atom is -0.351 e. The summed E-state index contributed by atoms with van der Waals surface area (Å²) >= 11 is 1.44. The summed E-state index contributed by atoms with van der Waals surface area (Å²) in [6, 6.07) is 8.35. The molecule has 5 atom stereocenters. The predicted octanol–water partition coefficient (Wildman–Crippen LogP) is 4.07. The monoisotopic (exact) mass is 702 g/mol. The fourth-order valence-electron chi connectivity index (χ4n) is 7.13. The van der Waals surface area contributed by atoms with Crippen LogP contribution >= 0.6 is 11.3 Å². The van der Waals surface area contributed by atoms with E-state index in [1.54, 1.807) is 5.51 Å². The van der Waals surface area contributed by atoms with Crippen LogP contribution < -0.4 is 16.4 Å². The number of aromatic nitrogens is 1. The number of thiazole rings is 1. The highest BCUT2D eigenvalue weighted by Crippen LogP contribution is 2.30. The maximum Gasteiger partial charge on any atom is 0.243 e. The standard InChI is InChI=1S/C36H58N6O4S2/c1-26(2)19-32(37)27(3)33(21-29-13-9-6-10-14-29)39-36(44)34(22-31-23-47-25-38-31)40-35(43)30(20-28-11-7-5-8-12-28)24-48(45,46)42-17-15-41(4)16-18-42/h5,7-8,11-12,23,25-27,29-30,32-34H,6,9-10,13-22,24,37H2,1-4H3,(H,39,44)(H,40,43)/t27-,30+,32-,33-,34-/m0/s1. The fourth-order valence-corrected chi connectivity index (χ4v) is 9.41. The lowest BCUT2D eigenvalue weighted by atomic mass is 9.79. The number of amides is 2. The van der Waals surface area contributed by atoms with Crippen LogP contribution in [-0.4, -0.2) is 91.5 Å². The summed E-state index contributed by atoms with van der Waals surface area (Å²) in [4.78, 5) is 34.9. The lowest BCUT2D eigenvalue weighted by molar-refractivity contribution is -0.131. The average molecular weight is 703 g/mol. The van der Waals surface area contributed by atoms with E-state index in [2.05, 4.69) is 41.3 Å². The van der Waals surface area contributed by atoms with Gasteiger partial charge in [0.05, 0.1) is 22.9 Å². The van der Waals surface area contributed by atoms with Gasteiger partial charge in [-0.3, -0.25) is 9.59 Å². The van der Waals surface area contributed by atoms with Gasteiger partial charge in [-0.2, -0.15) is 4.31 Å². The minimum atomic E-state index is -3.72. The molecule has 2 heterocycles. The smallest absolute Gasteiger partial charge is 0.243 e. The van der Waals surface area contributed by atoms with Crippen LogP contribution in [0.4, 0.5) is 0 Å². The molecule has 1 aromatic heterocycles. The highest BCUT2D eigenvalue weighted by atomic mass is 32.2. The van der Waals surface area contributed by atoms with E-state index in [0.29, 0.717) is 43.7 Å². The van der Waals surface area contributed by atoms with Crippen molar-refractivity contribution in [3.63, 3.8) is 0 Å². The van der Waals surface area contributed by atoms with Crippen LogP contribution in [0.1, 0.15) is 77.0 Å². The van der Waals surface area contributed by atoms with Gasteiger partial charge in [0.15, 0.2) is 0 Å². The van der Waals surface area contributed by atoms with E-state index >= 15 is 0 Å². The molecule has 0 radical (unpaired) electrons. The zero-order valence-electron chi connectivity index (χ0n) is 29.4. The highest BCUT2D eigenvalue weighted by Gasteiger charge is 2.35. The molecule has 10 nitrogen and oxygen atoms in total. The van der Waals surface area contributed by atoms with Gasteiger partial charge in [0.2, 0.25) is 21.8 Å². The Balaban J connectivity index is 1.56. The molecule has 1 aliphatic carbocycles. The zero-order valence-corrected chi connectivity index (χ0v) is 31.0. The molecule has 2 aliphatic rings. The van der Waals surface area contributed by atoms with Gasteiger partial charge in [-0.1, -0.05) is 83.2 Å². The summed E-state index contributed by atoms with van der Waals surface area (Å²) in [5.41, 5.74) is 10.0. The van der Waals surface area contributed by atoms with Crippen LogP contribution in [0.3, 0.4) is 0 Å². The van der Waals surface area contributed by atoms with Crippen LogP contribution in [0.25, 0.3) is 0 Å². The van der Waals surface area contributed by atoms with E-state index in [-0.39, 0.29) is 42.5 Å². The van der Waals surface area contributed by atoms with Crippen molar-refractivity contribution in [3.05, 3.63) is 52.5 Å². The summed E-state index contributed by atoms with van der Waals surface area (Å²) in [5, 5.41) is 8.23. The molecule has 2 fully saturated rings. The van der Waals surface area contributed by atoms with Gasteiger partial charge in [-0.25, -0.2) is 13.4 Å². The molecule has 1 aliphatic heterocycles. The van der Waals surface area contributed by atoms with Crippen molar-refractivity contribution in [1.29, 1.82) is 0 Å². The van der Waals surface area contributed by atoms with Gasteiger partial charge in [-0.05, 0) is 49.6 Å². The van der Waals surface area contributed by atoms with Crippen molar-refractivity contribution in [3.8, 4) is 0 Å². The maximum atomic E-state index is 14.2. The van der Waals surface area contributed by atoms with Crippen LogP contribution in [-0.2, 0) is 32.5 Å². The van der Waals surface area contributed by atoms with Gasteiger partial charge in [0, 0.05) is 50.1 Å². The number of hydrogen-bond donors (Lipinski definition) is 3. The number of likely N-dealkylation sites (N-methyl/N-ethyl adjacent to an activating group) is 1. The number of rotatable bonds is 17. The second-order valence-electron chi connectivity index (χ2n) is 14.6. The molecule has 0 unspecified atom stereocenters. The van der Waals surface area contributed by atoms with Crippen molar-refractivity contribution in [2.24, 2.45) is 29.4 Å². The van der Waals surface area contributed by atoms with Gasteiger partial charge < -0.3 is 21.3 Å². The summed E-state index contributed by atoms with van der Waals surface area (Å²) < 4.78 is 28.8. The first kappa shape index (κ1) is 38.4. The normalized spacial score (nSPS) is 20.1. The Bertz CT molecular complexity index is 1360. The molecule has 1 saturated carbocycles. The lowest BCUT2D eigenvalue weighted by Gasteiger charge is -2.35. The number of piperazine rings is 1.